The highest BCUT2D eigenvalue weighted by atomic mass is 32.1. The van der Waals surface area contributed by atoms with Crippen molar-refractivity contribution in [2.24, 2.45) is 0 Å². The Kier molecular flexibility index (Phi) is 7.56. The Labute approximate surface area is 185 Å². The van der Waals surface area contributed by atoms with Crippen molar-refractivity contribution in [2.75, 3.05) is 27.3 Å². The molecule has 0 spiro atoms. The molecule has 0 bridgehead atoms. The van der Waals surface area contributed by atoms with E-state index in [0.717, 1.165) is 37.6 Å². The molecule has 2 aromatic rings. The van der Waals surface area contributed by atoms with Gasteiger partial charge in [0.1, 0.15) is 12.6 Å². The Morgan fingerprint density at radius 1 is 1.17 bits per heavy atom. The van der Waals surface area contributed by atoms with E-state index in [0.29, 0.717) is 5.11 Å². The summed E-state index contributed by atoms with van der Waals surface area (Å²) < 4.78 is 11.2. The first-order valence-corrected chi connectivity index (χ1v) is 11.1. The first kappa shape index (κ1) is 22.4. The molecule has 1 heterocycles. The third-order valence-corrected chi connectivity index (χ3v) is 6.15. The molecule has 0 aliphatic carbocycles. The highest BCUT2D eigenvalue weighted by Crippen LogP contribution is 2.35. The van der Waals surface area contributed by atoms with Crippen molar-refractivity contribution in [3.05, 3.63) is 58.7 Å². The summed E-state index contributed by atoms with van der Waals surface area (Å²) in [5.41, 5.74) is 5.27. The zero-order valence-electron chi connectivity index (χ0n) is 18.7. The van der Waals surface area contributed by atoms with Gasteiger partial charge in [0, 0.05) is 24.1 Å². The summed E-state index contributed by atoms with van der Waals surface area (Å²) in [6.45, 7) is 9.24. The molecule has 30 heavy (non-hydrogen) atoms. The Balaban J connectivity index is 1.96. The predicted molar refractivity (Wildman–Crippen MR) is 126 cm³/mol. The molecule has 0 fully saturated rings. The fourth-order valence-corrected chi connectivity index (χ4v) is 4.73. The van der Waals surface area contributed by atoms with E-state index >= 15 is 0 Å². The molecule has 5 nitrogen and oxygen atoms in total. The third kappa shape index (κ3) is 5.05. The first-order chi connectivity index (χ1) is 14.5. The van der Waals surface area contributed by atoms with Crippen LogP contribution in [0, 0.1) is 6.92 Å². The minimum absolute atomic E-state index is 0.161. The van der Waals surface area contributed by atoms with E-state index in [2.05, 4.69) is 67.8 Å². The lowest BCUT2D eigenvalue weighted by Gasteiger charge is -2.38. The van der Waals surface area contributed by atoms with Crippen LogP contribution < -0.4 is 25.0 Å². The van der Waals surface area contributed by atoms with E-state index in [1.807, 2.05) is 0 Å². The van der Waals surface area contributed by atoms with Gasteiger partial charge >= 0.3 is 0 Å². The molecule has 0 aromatic heterocycles. The van der Waals surface area contributed by atoms with Gasteiger partial charge in [0.15, 0.2) is 16.6 Å². The van der Waals surface area contributed by atoms with Gasteiger partial charge in [-0.1, -0.05) is 29.8 Å². The second-order valence-corrected chi connectivity index (χ2v) is 8.41. The molecule has 0 amide bonds. The largest absolute Gasteiger partial charge is 0.493 e. The maximum Gasteiger partial charge on any atom is 0.166 e. The topological polar surface area (TPSA) is 47.0 Å². The molecule has 6 heteroatoms. The second kappa shape index (κ2) is 10.1. The Bertz CT molecular complexity index is 869. The molecule has 0 radical (unpaired) electrons. The van der Waals surface area contributed by atoms with Gasteiger partial charge < -0.3 is 25.0 Å². The second-order valence-electron chi connectivity index (χ2n) is 8.00. The van der Waals surface area contributed by atoms with Crippen molar-refractivity contribution in [1.29, 1.82) is 0 Å². The van der Waals surface area contributed by atoms with E-state index in [1.54, 1.807) is 14.2 Å². The number of thiocarbonyl (C=S) groups is 1. The van der Waals surface area contributed by atoms with Crippen LogP contribution in [0.3, 0.4) is 0 Å². The van der Waals surface area contributed by atoms with Gasteiger partial charge in [0.05, 0.1) is 26.8 Å². The van der Waals surface area contributed by atoms with Gasteiger partial charge in [-0.3, -0.25) is 0 Å². The lowest BCUT2D eigenvalue weighted by molar-refractivity contribution is -0.948. The lowest BCUT2D eigenvalue weighted by Crippen LogP contribution is -3.13. The monoisotopic (exact) mass is 428 g/mol. The van der Waals surface area contributed by atoms with Crippen LogP contribution in [0.15, 0.2) is 36.4 Å². The number of nitrogens with one attached hydrogen (secondary N) is 3. The predicted octanol–water partition coefficient (Wildman–Crippen LogP) is 2.57. The molecule has 3 atom stereocenters. The number of methoxy groups -OCH3 is 2. The van der Waals surface area contributed by atoms with Crippen LogP contribution in [-0.2, 0) is 13.0 Å². The third-order valence-electron chi connectivity index (χ3n) is 5.88. The maximum atomic E-state index is 5.62. The molecular weight excluding hydrogens is 394 g/mol. The van der Waals surface area contributed by atoms with E-state index in [1.165, 1.54) is 27.2 Å². The van der Waals surface area contributed by atoms with Crippen LogP contribution in [0.4, 0.5) is 0 Å². The van der Waals surface area contributed by atoms with Crippen molar-refractivity contribution in [2.45, 2.75) is 45.8 Å². The van der Waals surface area contributed by atoms with Gasteiger partial charge in [-0.15, -0.1) is 0 Å². The number of aryl methyl sites for hydroxylation is 1. The smallest absolute Gasteiger partial charge is 0.166 e. The van der Waals surface area contributed by atoms with Crippen molar-refractivity contribution in [1.82, 2.24) is 10.6 Å². The maximum absolute atomic E-state index is 5.62. The van der Waals surface area contributed by atoms with Crippen LogP contribution in [0.5, 0.6) is 11.5 Å². The van der Waals surface area contributed by atoms with Gasteiger partial charge in [-0.05, 0) is 50.7 Å². The van der Waals surface area contributed by atoms with Crippen LogP contribution >= 0.6 is 12.2 Å². The number of benzene rings is 2. The SMILES string of the molecule is CCNC(=S)N[C@@H](C)[C@H]1c2cc(OC)c(OC)cc2CC[NH+]1Cc1ccc(C)cc1. The summed E-state index contributed by atoms with van der Waals surface area (Å²) in [5.74, 6) is 1.57. The molecule has 0 saturated carbocycles. The van der Waals surface area contributed by atoms with E-state index in [-0.39, 0.29) is 12.1 Å². The summed E-state index contributed by atoms with van der Waals surface area (Å²) in [6.07, 6.45) is 1.01. The van der Waals surface area contributed by atoms with Crippen LogP contribution in [0.25, 0.3) is 0 Å². The van der Waals surface area contributed by atoms with Gasteiger partial charge in [0.2, 0.25) is 0 Å². The summed E-state index contributed by atoms with van der Waals surface area (Å²) in [6, 6.07) is 13.6. The average molecular weight is 429 g/mol. The van der Waals surface area contributed by atoms with Crippen LogP contribution in [0.2, 0.25) is 0 Å². The summed E-state index contributed by atoms with van der Waals surface area (Å²) in [5, 5.41) is 7.43. The molecule has 1 unspecified atom stereocenters. The molecule has 0 saturated heterocycles. The van der Waals surface area contributed by atoms with Crippen LogP contribution in [-0.4, -0.2) is 38.5 Å². The number of fused-ring (bicyclic) bond motifs is 1. The van der Waals surface area contributed by atoms with Crippen molar-refractivity contribution in [3.63, 3.8) is 0 Å². The fourth-order valence-electron chi connectivity index (χ4n) is 4.40. The molecule has 1 aliphatic heterocycles. The van der Waals surface area contributed by atoms with Gasteiger partial charge in [-0.25, -0.2) is 0 Å². The zero-order chi connectivity index (χ0) is 21.7. The number of hydrogen-bond donors (Lipinski definition) is 3. The Morgan fingerprint density at radius 3 is 2.47 bits per heavy atom. The van der Waals surface area contributed by atoms with E-state index in [9.17, 15) is 0 Å². The Morgan fingerprint density at radius 2 is 1.83 bits per heavy atom. The number of quaternary nitrogens is 1. The minimum Gasteiger partial charge on any atom is -0.493 e. The average Bonchev–Trinajstić information content (AvgIpc) is 2.74. The fraction of sp³-hybridized carbons (Fsp3) is 0.458. The van der Waals surface area contributed by atoms with E-state index < -0.39 is 0 Å². The van der Waals surface area contributed by atoms with E-state index in [4.69, 9.17) is 21.7 Å². The van der Waals surface area contributed by atoms with Crippen molar-refractivity contribution >= 4 is 17.3 Å². The number of hydrogen-bond acceptors (Lipinski definition) is 3. The molecule has 162 valence electrons. The zero-order valence-corrected chi connectivity index (χ0v) is 19.5. The Hall–Kier alpha value is -2.31. The van der Waals surface area contributed by atoms with Gasteiger partial charge in [0.25, 0.3) is 0 Å². The standard InChI is InChI=1S/C24H33N3O2S/c1-6-25-24(30)26-17(3)23-20-14-22(29-5)21(28-4)13-19(20)11-12-27(23)15-18-9-7-16(2)8-10-18/h7-10,13-14,17,23H,6,11-12,15H2,1-5H3,(H2,25,26,30)/p+1/t17-,23-/m0/s1. The number of ether oxygens (including phenoxy) is 2. The molecule has 1 aliphatic rings. The highest BCUT2D eigenvalue weighted by molar-refractivity contribution is 7.80. The van der Waals surface area contributed by atoms with Crippen LogP contribution in [0.1, 0.15) is 42.1 Å². The first-order valence-electron chi connectivity index (χ1n) is 10.7. The quantitative estimate of drug-likeness (QED) is 0.592. The molecule has 3 N–H and O–H groups in total. The summed E-state index contributed by atoms with van der Waals surface area (Å²) in [7, 11) is 3.39. The van der Waals surface area contributed by atoms with Gasteiger partial charge in [-0.2, -0.15) is 0 Å². The molecule has 3 rings (SSSR count). The van der Waals surface area contributed by atoms with Crippen molar-refractivity contribution in [3.8, 4) is 11.5 Å². The van der Waals surface area contributed by atoms with Crippen molar-refractivity contribution < 1.29 is 14.4 Å². The normalized spacial score (nSPS) is 18.8. The lowest BCUT2D eigenvalue weighted by atomic mass is 9.87. The number of rotatable bonds is 7. The highest BCUT2D eigenvalue weighted by Gasteiger charge is 2.36. The summed E-state index contributed by atoms with van der Waals surface area (Å²) >= 11 is 5.49. The minimum atomic E-state index is 0.161. The molecule has 2 aromatic carbocycles. The molecular formula is C24H34N3O2S+. The summed E-state index contributed by atoms with van der Waals surface area (Å²) in [4.78, 5) is 1.53.